The van der Waals surface area contributed by atoms with E-state index in [1.54, 1.807) is 0 Å². The van der Waals surface area contributed by atoms with Gasteiger partial charge in [-0.1, -0.05) is 12.1 Å². The average Bonchev–Trinajstić information content (AvgIpc) is 2.54. The summed E-state index contributed by atoms with van der Waals surface area (Å²) in [6.45, 7) is 7.67. The summed E-state index contributed by atoms with van der Waals surface area (Å²) in [5.41, 5.74) is 6.72. The fourth-order valence-electron chi connectivity index (χ4n) is 2.74. The second-order valence-electron chi connectivity index (χ2n) is 5.55. The predicted molar refractivity (Wildman–Crippen MR) is 85.5 cm³/mol. The Kier molecular flexibility index (Phi) is 7.00. The van der Waals surface area contributed by atoms with Crippen LogP contribution in [0, 0.1) is 0 Å². The third-order valence-corrected chi connectivity index (χ3v) is 3.98. The lowest BCUT2D eigenvalue weighted by molar-refractivity contribution is 0.0135. The third-order valence-electron chi connectivity index (χ3n) is 3.98. The standard InChI is InChI=1S/C17H28N2O2/c1-2-20-17-8-11-19(12-9-17)10-3-13-21-16-6-4-15(14-18)5-7-16/h4-7,17H,2-3,8-14,18H2,1H3. The highest BCUT2D eigenvalue weighted by atomic mass is 16.5. The highest BCUT2D eigenvalue weighted by Gasteiger charge is 2.18. The normalized spacial score (nSPS) is 17.0. The summed E-state index contributed by atoms with van der Waals surface area (Å²) < 4.78 is 11.4. The molecule has 0 unspecified atom stereocenters. The first-order valence-electron chi connectivity index (χ1n) is 8.07. The zero-order chi connectivity index (χ0) is 14.9. The van der Waals surface area contributed by atoms with Gasteiger partial charge in [0.15, 0.2) is 0 Å². The maximum atomic E-state index is 5.76. The Bertz CT molecular complexity index is 386. The van der Waals surface area contributed by atoms with Crippen molar-refractivity contribution in [3.8, 4) is 5.75 Å². The Morgan fingerprint density at radius 2 is 1.90 bits per heavy atom. The number of hydrogen-bond donors (Lipinski definition) is 1. The van der Waals surface area contributed by atoms with Gasteiger partial charge in [-0.2, -0.15) is 0 Å². The van der Waals surface area contributed by atoms with E-state index in [2.05, 4.69) is 11.8 Å². The Balaban J connectivity index is 1.57. The van der Waals surface area contributed by atoms with Gasteiger partial charge in [0, 0.05) is 32.8 Å². The molecule has 1 saturated heterocycles. The lowest BCUT2D eigenvalue weighted by Crippen LogP contribution is -2.37. The second-order valence-corrected chi connectivity index (χ2v) is 5.55. The van der Waals surface area contributed by atoms with Crippen LogP contribution in [0.4, 0.5) is 0 Å². The van der Waals surface area contributed by atoms with E-state index in [1.165, 1.54) is 0 Å². The Labute approximate surface area is 128 Å². The quantitative estimate of drug-likeness (QED) is 0.748. The zero-order valence-electron chi connectivity index (χ0n) is 13.1. The molecule has 0 aliphatic carbocycles. The molecular weight excluding hydrogens is 264 g/mol. The lowest BCUT2D eigenvalue weighted by atomic mass is 10.1. The smallest absolute Gasteiger partial charge is 0.119 e. The van der Waals surface area contributed by atoms with Gasteiger partial charge in [-0.05, 0) is 43.9 Å². The van der Waals surface area contributed by atoms with E-state index < -0.39 is 0 Å². The Morgan fingerprint density at radius 1 is 1.19 bits per heavy atom. The van der Waals surface area contributed by atoms with Gasteiger partial charge < -0.3 is 20.1 Å². The fourth-order valence-corrected chi connectivity index (χ4v) is 2.74. The van der Waals surface area contributed by atoms with Crippen molar-refractivity contribution >= 4 is 0 Å². The summed E-state index contributed by atoms with van der Waals surface area (Å²) in [5.74, 6) is 0.933. The van der Waals surface area contributed by atoms with E-state index in [1.807, 2.05) is 24.3 Å². The summed E-state index contributed by atoms with van der Waals surface area (Å²) in [5, 5.41) is 0. The van der Waals surface area contributed by atoms with Gasteiger partial charge in [-0.25, -0.2) is 0 Å². The van der Waals surface area contributed by atoms with Crippen molar-refractivity contribution in [3.05, 3.63) is 29.8 Å². The number of hydrogen-bond acceptors (Lipinski definition) is 4. The van der Waals surface area contributed by atoms with Crippen molar-refractivity contribution in [1.82, 2.24) is 4.90 Å². The van der Waals surface area contributed by atoms with E-state index in [-0.39, 0.29) is 0 Å². The molecule has 0 spiro atoms. The van der Waals surface area contributed by atoms with Crippen LogP contribution in [-0.2, 0) is 11.3 Å². The molecule has 1 aliphatic heterocycles. The molecule has 4 nitrogen and oxygen atoms in total. The number of nitrogens with zero attached hydrogens (tertiary/aromatic N) is 1. The molecule has 0 radical (unpaired) electrons. The SMILES string of the molecule is CCOC1CCN(CCCOc2ccc(CN)cc2)CC1. The molecule has 0 bridgehead atoms. The molecular formula is C17H28N2O2. The number of piperidine rings is 1. The van der Waals surface area contributed by atoms with Crippen LogP contribution in [0.3, 0.4) is 0 Å². The average molecular weight is 292 g/mol. The van der Waals surface area contributed by atoms with E-state index >= 15 is 0 Å². The molecule has 1 aromatic carbocycles. The molecule has 0 atom stereocenters. The van der Waals surface area contributed by atoms with Gasteiger partial charge in [0.25, 0.3) is 0 Å². The summed E-state index contributed by atoms with van der Waals surface area (Å²) in [6.07, 6.45) is 3.87. The van der Waals surface area contributed by atoms with Gasteiger partial charge in [0.2, 0.25) is 0 Å². The molecule has 1 fully saturated rings. The molecule has 4 heteroatoms. The molecule has 2 rings (SSSR count). The molecule has 118 valence electrons. The van der Waals surface area contributed by atoms with Crippen molar-refractivity contribution in [2.75, 3.05) is 32.8 Å². The molecule has 0 aromatic heterocycles. The van der Waals surface area contributed by atoms with Crippen molar-refractivity contribution in [1.29, 1.82) is 0 Å². The predicted octanol–water partition coefficient (Wildman–Crippen LogP) is 2.42. The molecule has 1 aromatic rings. The first-order chi connectivity index (χ1) is 10.3. The van der Waals surface area contributed by atoms with Crippen LogP contribution in [0.25, 0.3) is 0 Å². The van der Waals surface area contributed by atoms with E-state index in [0.717, 1.165) is 63.4 Å². The molecule has 0 saturated carbocycles. The molecule has 1 aliphatic rings. The number of rotatable bonds is 8. The Hall–Kier alpha value is -1.10. The van der Waals surface area contributed by atoms with Gasteiger partial charge >= 0.3 is 0 Å². The largest absolute Gasteiger partial charge is 0.494 e. The number of likely N-dealkylation sites (tertiary alicyclic amines) is 1. The summed E-state index contributed by atoms with van der Waals surface area (Å²) in [6, 6.07) is 8.03. The van der Waals surface area contributed by atoms with Crippen molar-refractivity contribution in [3.63, 3.8) is 0 Å². The van der Waals surface area contributed by atoms with Crippen molar-refractivity contribution < 1.29 is 9.47 Å². The number of ether oxygens (including phenoxy) is 2. The number of benzene rings is 1. The van der Waals surface area contributed by atoms with Crippen molar-refractivity contribution in [2.24, 2.45) is 5.73 Å². The van der Waals surface area contributed by atoms with Crippen LogP contribution in [0.1, 0.15) is 31.7 Å². The van der Waals surface area contributed by atoms with Gasteiger partial charge in [0.1, 0.15) is 5.75 Å². The summed E-state index contributed by atoms with van der Waals surface area (Å²) >= 11 is 0. The minimum Gasteiger partial charge on any atom is -0.494 e. The lowest BCUT2D eigenvalue weighted by Gasteiger charge is -2.31. The van der Waals surface area contributed by atoms with E-state index in [4.69, 9.17) is 15.2 Å². The maximum Gasteiger partial charge on any atom is 0.119 e. The minimum absolute atomic E-state index is 0.476. The molecule has 2 N–H and O–H groups in total. The fraction of sp³-hybridized carbons (Fsp3) is 0.647. The van der Waals surface area contributed by atoms with Crippen LogP contribution < -0.4 is 10.5 Å². The first kappa shape index (κ1) is 16.3. The van der Waals surface area contributed by atoms with Crippen LogP contribution in [0.2, 0.25) is 0 Å². The second kappa shape index (κ2) is 9.03. The van der Waals surface area contributed by atoms with E-state index in [0.29, 0.717) is 12.6 Å². The van der Waals surface area contributed by atoms with Gasteiger partial charge in [-0.15, -0.1) is 0 Å². The monoisotopic (exact) mass is 292 g/mol. The highest BCUT2D eigenvalue weighted by molar-refractivity contribution is 5.26. The Morgan fingerprint density at radius 3 is 2.52 bits per heavy atom. The minimum atomic E-state index is 0.476. The zero-order valence-corrected chi connectivity index (χ0v) is 13.1. The van der Waals surface area contributed by atoms with E-state index in [9.17, 15) is 0 Å². The molecule has 21 heavy (non-hydrogen) atoms. The van der Waals surface area contributed by atoms with Crippen LogP contribution in [0.15, 0.2) is 24.3 Å². The van der Waals surface area contributed by atoms with Crippen LogP contribution in [0.5, 0.6) is 5.75 Å². The first-order valence-corrected chi connectivity index (χ1v) is 8.07. The van der Waals surface area contributed by atoms with Crippen LogP contribution in [-0.4, -0.2) is 43.9 Å². The third kappa shape index (κ3) is 5.65. The van der Waals surface area contributed by atoms with Crippen molar-refractivity contribution in [2.45, 2.75) is 38.8 Å². The number of nitrogens with two attached hydrogens (primary N) is 1. The van der Waals surface area contributed by atoms with Gasteiger partial charge in [0.05, 0.1) is 12.7 Å². The highest BCUT2D eigenvalue weighted by Crippen LogP contribution is 2.15. The molecule has 1 heterocycles. The van der Waals surface area contributed by atoms with Gasteiger partial charge in [-0.3, -0.25) is 0 Å². The van der Waals surface area contributed by atoms with Crippen LogP contribution >= 0.6 is 0 Å². The molecule has 0 amide bonds. The summed E-state index contributed by atoms with van der Waals surface area (Å²) in [7, 11) is 0. The maximum absolute atomic E-state index is 5.76. The summed E-state index contributed by atoms with van der Waals surface area (Å²) in [4.78, 5) is 2.51. The topological polar surface area (TPSA) is 47.7 Å².